The van der Waals surface area contributed by atoms with Gasteiger partial charge in [0, 0.05) is 5.56 Å². The van der Waals surface area contributed by atoms with Gasteiger partial charge in [-0.1, -0.05) is 11.6 Å². The highest BCUT2D eigenvalue weighted by molar-refractivity contribution is 6.33. The Morgan fingerprint density at radius 2 is 1.90 bits per heavy atom. The van der Waals surface area contributed by atoms with Crippen molar-refractivity contribution >= 4 is 34.9 Å². The van der Waals surface area contributed by atoms with Gasteiger partial charge in [0.05, 0.1) is 22.0 Å². The summed E-state index contributed by atoms with van der Waals surface area (Å²) < 4.78 is 13.2. The van der Waals surface area contributed by atoms with E-state index in [0.29, 0.717) is 5.69 Å². The van der Waals surface area contributed by atoms with Crippen LogP contribution in [-0.4, -0.2) is 17.0 Å². The highest BCUT2D eigenvalue weighted by atomic mass is 35.5. The van der Waals surface area contributed by atoms with E-state index in [1.807, 2.05) is 0 Å². The van der Waals surface area contributed by atoms with Crippen LogP contribution >= 0.6 is 11.6 Å². The number of carbonyl (C=O) groups is 2. The minimum Gasteiger partial charge on any atom is -0.478 e. The molecular formula is C14H10ClFN2O3. The van der Waals surface area contributed by atoms with Crippen molar-refractivity contribution < 1.29 is 19.1 Å². The third kappa shape index (κ3) is 3.29. The lowest BCUT2D eigenvalue weighted by atomic mass is 10.1. The Morgan fingerprint density at radius 1 is 1.19 bits per heavy atom. The van der Waals surface area contributed by atoms with Crippen LogP contribution in [0.25, 0.3) is 0 Å². The van der Waals surface area contributed by atoms with Crippen LogP contribution in [0.1, 0.15) is 20.7 Å². The van der Waals surface area contributed by atoms with Gasteiger partial charge >= 0.3 is 5.97 Å². The zero-order valence-corrected chi connectivity index (χ0v) is 11.3. The molecule has 1 amide bonds. The van der Waals surface area contributed by atoms with Crippen molar-refractivity contribution in [2.75, 3.05) is 11.1 Å². The molecule has 2 aromatic carbocycles. The van der Waals surface area contributed by atoms with Gasteiger partial charge in [-0.3, -0.25) is 4.79 Å². The summed E-state index contributed by atoms with van der Waals surface area (Å²) in [6.45, 7) is 0. The quantitative estimate of drug-likeness (QED) is 0.760. The number of aromatic carboxylic acids is 1. The minimum atomic E-state index is -1.28. The van der Waals surface area contributed by atoms with Gasteiger partial charge in [0.2, 0.25) is 0 Å². The maximum absolute atomic E-state index is 13.2. The number of nitrogens with one attached hydrogen (secondary N) is 1. The number of hydrogen-bond acceptors (Lipinski definition) is 3. The van der Waals surface area contributed by atoms with Crippen molar-refractivity contribution in [2.24, 2.45) is 0 Å². The Morgan fingerprint density at radius 3 is 2.52 bits per heavy atom. The normalized spacial score (nSPS) is 10.2. The molecule has 0 bridgehead atoms. The predicted octanol–water partition coefficient (Wildman–Crippen LogP) is 3.01. The number of nitrogens with two attached hydrogens (primary N) is 1. The monoisotopic (exact) mass is 308 g/mol. The third-order valence-electron chi connectivity index (χ3n) is 2.72. The Kier molecular flexibility index (Phi) is 4.09. The largest absolute Gasteiger partial charge is 0.478 e. The van der Waals surface area contributed by atoms with Crippen molar-refractivity contribution in [3.8, 4) is 0 Å². The maximum atomic E-state index is 13.2. The molecule has 0 fully saturated rings. The van der Waals surface area contributed by atoms with Gasteiger partial charge in [-0.25, -0.2) is 9.18 Å². The molecule has 108 valence electrons. The second-order valence-electron chi connectivity index (χ2n) is 4.19. The van der Waals surface area contributed by atoms with E-state index < -0.39 is 17.7 Å². The molecule has 0 spiro atoms. The number of anilines is 2. The van der Waals surface area contributed by atoms with Crippen molar-refractivity contribution in [2.45, 2.75) is 0 Å². The van der Waals surface area contributed by atoms with E-state index in [1.165, 1.54) is 18.2 Å². The van der Waals surface area contributed by atoms with Gasteiger partial charge in [-0.05, 0) is 36.4 Å². The summed E-state index contributed by atoms with van der Waals surface area (Å²) >= 11 is 5.81. The molecule has 0 heterocycles. The summed E-state index contributed by atoms with van der Waals surface area (Å²) in [4.78, 5) is 23.1. The lowest BCUT2D eigenvalue weighted by molar-refractivity contribution is 0.0698. The maximum Gasteiger partial charge on any atom is 0.337 e. The van der Waals surface area contributed by atoms with Crippen LogP contribution in [0.4, 0.5) is 15.8 Å². The topological polar surface area (TPSA) is 92.4 Å². The second-order valence-corrected chi connectivity index (χ2v) is 4.59. The molecule has 7 heteroatoms. The van der Waals surface area contributed by atoms with E-state index in [2.05, 4.69) is 5.32 Å². The number of halogens is 2. The van der Waals surface area contributed by atoms with Crippen LogP contribution in [-0.2, 0) is 0 Å². The second kappa shape index (κ2) is 5.80. The van der Waals surface area contributed by atoms with Gasteiger partial charge in [0.1, 0.15) is 5.82 Å². The van der Waals surface area contributed by atoms with E-state index >= 15 is 0 Å². The average molecular weight is 309 g/mol. The lowest BCUT2D eigenvalue weighted by Crippen LogP contribution is -2.15. The summed E-state index contributed by atoms with van der Waals surface area (Å²) in [5, 5.41) is 11.5. The lowest BCUT2D eigenvalue weighted by Gasteiger charge is -2.09. The summed E-state index contributed by atoms with van der Waals surface area (Å²) in [6.07, 6.45) is 0. The smallest absolute Gasteiger partial charge is 0.337 e. The molecule has 0 aromatic heterocycles. The van der Waals surface area contributed by atoms with Crippen molar-refractivity contribution in [1.82, 2.24) is 0 Å². The molecule has 5 nitrogen and oxygen atoms in total. The van der Waals surface area contributed by atoms with E-state index in [-0.39, 0.29) is 21.8 Å². The number of carboxylic acids is 1. The molecule has 0 unspecified atom stereocenters. The molecule has 0 saturated heterocycles. The van der Waals surface area contributed by atoms with Gasteiger partial charge in [-0.2, -0.15) is 0 Å². The van der Waals surface area contributed by atoms with E-state index in [4.69, 9.17) is 22.4 Å². The van der Waals surface area contributed by atoms with E-state index in [0.717, 1.165) is 18.2 Å². The Bertz CT molecular complexity index is 734. The number of carbonyl (C=O) groups excluding carboxylic acids is 1. The fourth-order valence-corrected chi connectivity index (χ4v) is 1.85. The van der Waals surface area contributed by atoms with Crippen molar-refractivity contribution in [3.05, 3.63) is 58.4 Å². The fraction of sp³-hybridized carbons (Fsp3) is 0. The Balaban J connectivity index is 2.33. The van der Waals surface area contributed by atoms with E-state index in [9.17, 15) is 14.0 Å². The average Bonchev–Trinajstić information content (AvgIpc) is 2.41. The van der Waals surface area contributed by atoms with Crippen molar-refractivity contribution in [1.29, 1.82) is 0 Å². The summed E-state index contributed by atoms with van der Waals surface area (Å²) in [7, 11) is 0. The molecule has 0 atom stereocenters. The molecule has 2 rings (SSSR count). The molecule has 21 heavy (non-hydrogen) atoms. The number of carboxylic acid groups (broad SMARTS) is 1. The number of nitrogen functional groups attached to an aromatic ring is 1. The summed E-state index contributed by atoms with van der Waals surface area (Å²) in [6, 6.07) is 7.21. The molecule has 2 aromatic rings. The SMILES string of the molecule is Nc1ccc(C(=O)Nc2cc(F)ccc2C(=O)O)cc1Cl. The third-order valence-corrected chi connectivity index (χ3v) is 3.05. The molecule has 0 aliphatic heterocycles. The Hall–Kier alpha value is -2.60. The highest BCUT2D eigenvalue weighted by Gasteiger charge is 2.15. The molecule has 0 aliphatic carbocycles. The van der Waals surface area contributed by atoms with Crippen LogP contribution in [0.3, 0.4) is 0 Å². The molecule has 0 saturated carbocycles. The van der Waals surface area contributed by atoms with Gasteiger partial charge < -0.3 is 16.2 Å². The van der Waals surface area contributed by atoms with Crippen LogP contribution < -0.4 is 11.1 Å². The first-order valence-electron chi connectivity index (χ1n) is 5.77. The fourth-order valence-electron chi connectivity index (χ4n) is 1.67. The number of amides is 1. The van der Waals surface area contributed by atoms with E-state index in [1.54, 1.807) is 0 Å². The van der Waals surface area contributed by atoms with Gasteiger partial charge in [-0.15, -0.1) is 0 Å². The predicted molar refractivity (Wildman–Crippen MR) is 77.2 cm³/mol. The highest BCUT2D eigenvalue weighted by Crippen LogP contribution is 2.22. The van der Waals surface area contributed by atoms with Gasteiger partial charge in [0.25, 0.3) is 5.91 Å². The number of benzene rings is 2. The van der Waals surface area contributed by atoms with Crippen LogP contribution in [0.5, 0.6) is 0 Å². The van der Waals surface area contributed by atoms with Crippen LogP contribution in [0, 0.1) is 5.82 Å². The summed E-state index contributed by atoms with van der Waals surface area (Å²) in [5.74, 6) is -2.56. The molecule has 0 aliphatic rings. The van der Waals surface area contributed by atoms with Crippen LogP contribution in [0.15, 0.2) is 36.4 Å². The molecule has 4 N–H and O–H groups in total. The zero-order valence-electron chi connectivity index (χ0n) is 10.6. The molecule has 0 radical (unpaired) electrons. The number of hydrogen-bond donors (Lipinski definition) is 3. The first kappa shape index (κ1) is 14.8. The minimum absolute atomic E-state index is 0.138. The van der Waals surface area contributed by atoms with Gasteiger partial charge in [0.15, 0.2) is 0 Å². The zero-order chi connectivity index (χ0) is 15.6. The molecular weight excluding hydrogens is 299 g/mol. The standard InChI is InChI=1S/C14H10ClFN2O3/c15-10-5-7(1-4-11(10)17)13(19)18-12-6-8(16)2-3-9(12)14(20)21/h1-6H,17H2,(H,18,19)(H,20,21). The first-order valence-corrected chi connectivity index (χ1v) is 6.15. The number of rotatable bonds is 3. The summed E-state index contributed by atoms with van der Waals surface area (Å²) in [5.41, 5.74) is 5.67. The van der Waals surface area contributed by atoms with Crippen LogP contribution in [0.2, 0.25) is 5.02 Å². The Labute approximate surface area is 124 Å². The van der Waals surface area contributed by atoms with Crippen molar-refractivity contribution in [3.63, 3.8) is 0 Å². The first-order chi connectivity index (χ1) is 9.88.